The molecule has 5 atom stereocenters. The molecule has 2 unspecified atom stereocenters. The summed E-state index contributed by atoms with van der Waals surface area (Å²) in [4.78, 5) is 47.8. The smallest absolute Gasteiger partial charge is 0.247 e. The van der Waals surface area contributed by atoms with Gasteiger partial charge in [0.05, 0.1) is 16.6 Å². The van der Waals surface area contributed by atoms with E-state index in [0.29, 0.717) is 19.6 Å². The summed E-state index contributed by atoms with van der Waals surface area (Å²) in [5, 5.41) is 9.23. The Morgan fingerprint density at radius 3 is 2.43 bits per heavy atom. The van der Waals surface area contributed by atoms with E-state index < -0.39 is 16.7 Å². The van der Waals surface area contributed by atoms with E-state index in [2.05, 4.69) is 13.2 Å². The van der Waals surface area contributed by atoms with Crippen LogP contribution in [0.25, 0.3) is 0 Å². The van der Waals surface area contributed by atoms with E-state index in [4.69, 9.17) is 5.11 Å². The summed E-state index contributed by atoms with van der Waals surface area (Å²) in [7, 11) is 1.78. The van der Waals surface area contributed by atoms with Crippen LogP contribution < -0.4 is 0 Å². The number of thioether (sulfide) groups is 1. The highest BCUT2D eigenvalue weighted by Gasteiger charge is 2.74. The summed E-state index contributed by atoms with van der Waals surface area (Å²) in [6, 6.07) is -0.335. The Bertz CT molecular complexity index is 875. The van der Waals surface area contributed by atoms with Gasteiger partial charge in [-0.1, -0.05) is 44.3 Å². The van der Waals surface area contributed by atoms with Crippen molar-refractivity contribution in [3.8, 4) is 0 Å². The van der Waals surface area contributed by atoms with Crippen LogP contribution in [0.2, 0.25) is 0 Å². The number of likely N-dealkylation sites (tertiary alicyclic amines) is 1. The fourth-order valence-corrected chi connectivity index (χ4v) is 9.55. The van der Waals surface area contributed by atoms with Crippen molar-refractivity contribution in [3.63, 3.8) is 0 Å². The Morgan fingerprint density at radius 2 is 1.76 bits per heavy atom. The summed E-state index contributed by atoms with van der Waals surface area (Å²) in [5.74, 6) is -0.780. The van der Waals surface area contributed by atoms with Gasteiger partial charge in [-0.15, -0.1) is 24.9 Å². The molecule has 3 saturated heterocycles. The van der Waals surface area contributed by atoms with Crippen molar-refractivity contribution in [1.29, 1.82) is 0 Å². The largest absolute Gasteiger partial charge is 0.396 e. The van der Waals surface area contributed by atoms with Crippen LogP contribution in [0.15, 0.2) is 25.3 Å². The van der Waals surface area contributed by atoms with E-state index in [1.54, 1.807) is 29.8 Å². The van der Waals surface area contributed by atoms with Gasteiger partial charge in [-0.2, -0.15) is 0 Å². The molecule has 37 heavy (non-hydrogen) atoms. The van der Waals surface area contributed by atoms with Crippen LogP contribution in [-0.2, 0) is 14.4 Å². The number of carbonyl (C=O) groups excluding carboxylic acids is 3. The minimum atomic E-state index is -0.534. The lowest BCUT2D eigenvalue weighted by Gasteiger charge is -2.41. The van der Waals surface area contributed by atoms with Crippen LogP contribution in [0.4, 0.5) is 0 Å². The van der Waals surface area contributed by atoms with Gasteiger partial charge in [0.25, 0.3) is 0 Å². The molecule has 0 radical (unpaired) electrons. The van der Waals surface area contributed by atoms with E-state index in [0.717, 1.165) is 64.2 Å². The molecule has 1 N–H and O–H groups in total. The molecule has 7 nitrogen and oxygen atoms in total. The number of likely N-dealkylation sites (N-methyl/N-ethyl adjacent to an activating group) is 1. The first kappa shape index (κ1) is 28.2. The zero-order valence-corrected chi connectivity index (χ0v) is 23.3. The van der Waals surface area contributed by atoms with Gasteiger partial charge in [0.1, 0.15) is 6.04 Å². The number of aliphatic hydroxyl groups is 1. The number of aliphatic hydroxyl groups excluding tert-OH is 1. The van der Waals surface area contributed by atoms with Gasteiger partial charge >= 0.3 is 0 Å². The van der Waals surface area contributed by atoms with Crippen molar-refractivity contribution in [2.45, 2.75) is 92.7 Å². The minimum Gasteiger partial charge on any atom is -0.396 e. The molecule has 4 aliphatic rings. The zero-order chi connectivity index (χ0) is 26.6. The Labute approximate surface area is 226 Å². The third kappa shape index (κ3) is 5.25. The van der Waals surface area contributed by atoms with Gasteiger partial charge in [0.2, 0.25) is 17.7 Å². The highest BCUT2D eigenvalue weighted by Crippen LogP contribution is 2.66. The van der Waals surface area contributed by atoms with Crippen LogP contribution in [0, 0.1) is 11.8 Å². The van der Waals surface area contributed by atoms with E-state index in [1.807, 2.05) is 15.9 Å². The number of unbranched alkanes of at least 4 members (excludes halogenated alkanes) is 3. The van der Waals surface area contributed by atoms with Gasteiger partial charge in [0.15, 0.2) is 0 Å². The fraction of sp³-hybridized carbons (Fsp3) is 0.759. The van der Waals surface area contributed by atoms with Crippen LogP contribution in [0.5, 0.6) is 0 Å². The molecule has 8 heteroatoms. The average Bonchev–Trinajstić information content (AvgIpc) is 3.54. The third-order valence-corrected chi connectivity index (χ3v) is 11.0. The molecule has 0 aromatic rings. The second-order valence-electron chi connectivity index (χ2n) is 11.3. The Hall–Kier alpha value is -1.80. The first-order valence-corrected chi connectivity index (χ1v) is 15.2. The maximum absolute atomic E-state index is 14.5. The van der Waals surface area contributed by atoms with Crippen molar-refractivity contribution in [2.24, 2.45) is 11.8 Å². The normalized spacial score (nSPS) is 30.9. The molecule has 0 aromatic carbocycles. The molecule has 3 amide bonds. The maximum Gasteiger partial charge on any atom is 0.247 e. The van der Waals surface area contributed by atoms with E-state index in [1.165, 1.54) is 6.42 Å². The number of hydrogen-bond acceptors (Lipinski definition) is 5. The molecule has 1 saturated carbocycles. The predicted molar refractivity (Wildman–Crippen MR) is 148 cm³/mol. The van der Waals surface area contributed by atoms with E-state index in [-0.39, 0.29) is 41.5 Å². The molecule has 1 aliphatic carbocycles. The monoisotopic (exact) mass is 531 g/mol. The highest BCUT2D eigenvalue weighted by molar-refractivity contribution is 8.02. The summed E-state index contributed by atoms with van der Waals surface area (Å²) < 4.78 is -0.534. The summed E-state index contributed by atoms with van der Waals surface area (Å²) in [6.45, 7) is 9.37. The molecule has 4 rings (SSSR count). The third-order valence-electron chi connectivity index (χ3n) is 9.03. The van der Waals surface area contributed by atoms with E-state index in [9.17, 15) is 14.4 Å². The Balaban J connectivity index is 1.65. The summed E-state index contributed by atoms with van der Waals surface area (Å²) in [6.07, 6.45) is 14.0. The lowest BCUT2D eigenvalue weighted by Crippen LogP contribution is -2.57. The quantitative estimate of drug-likeness (QED) is 0.290. The van der Waals surface area contributed by atoms with Gasteiger partial charge in [0, 0.05) is 44.6 Å². The molecule has 2 bridgehead atoms. The molecule has 3 heterocycles. The molecule has 0 aromatic heterocycles. The van der Waals surface area contributed by atoms with Crippen LogP contribution >= 0.6 is 11.8 Å². The van der Waals surface area contributed by atoms with Crippen molar-refractivity contribution >= 4 is 29.5 Å². The first-order valence-electron chi connectivity index (χ1n) is 14.3. The summed E-state index contributed by atoms with van der Waals surface area (Å²) in [5.41, 5.74) is 0. The number of hydrogen-bond donors (Lipinski definition) is 1. The molecule has 4 fully saturated rings. The van der Waals surface area contributed by atoms with Gasteiger partial charge < -0.3 is 19.8 Å². The lowest BCUT2D eigenvalue weighted by molar-refractivity contribution is -0.145. The predicted octanol–water partition coefficient (Wildman–Crippen LogP) is 3.62. The van der Waals surface area contributed by atoms with Gasteiger partial charge in [-0.25, -0.2) is 0 Å². The molecular formula is C29H45N3O4S. The SMILES string of the molecule is C=CCN(C)C(=O)[C@@H]1[C@H]2C(=O)N(CCCCCCO)C(C(=O)N(CC=C)C3CCCCC3)C23CC[C@H]1S3. The average molecular weight is 532 g/mol. The van der Waals surface area contributed by atoms with Gasteiger partial charge in [-0.3, -0.25) is 14.4 Å². The van der Waals surface area contributed by atoms with Gasteiger partial charge in [-0.05, 0) is 38.5 Å². The van der Waals surface area contributed by atoms with Crippen molar-refractivity contribution in [3.05, 3.63) is 25.3 Å². The zero-order valence-electron chi connectivity index (χ0n) is 22.5. The highest BCUT2D eigenvalue weighted by atomic mass is 32.2. The molecule has 206 valence electrons. The second kappa shape index (κ2) is 12.4. The fourth-order valence-electron chi connectivity index (χ4n) is 7.35. The second-order valence-corrected chi connectivity index (χ2v) is 12.9. The Kier molecular flexibility index (Phi) is 9.43. The number of nitrogens with zero attached hydrogens (tertiary/aromatic N) is 3. The van der Waals surface area contributed by atoms with Crippen molar-refractivity contribution in [2.75, 3.05) is 33.3 Å². The summed E-state index contributed by atoms with van der Waals surface area (Å²) >= 11 is 1.75. The minimum absolute atomic E-state index is 0.00329. The number of fused-ring (bicyclic) bond motifs is 1. The van der Waals surface area contributed by atoms with E-state index >= 15 is 0 Å². The number of carbonyl (C=O) groups is 3. The Morgan fingerprint density at radius 1 is 1.05 bits per heavy atom. The molecule has 3 aliphatic heterocycles. The maximum atomic E-state index is 14.5. The molecular weight excluding hydrogens is 486 g/mol. The van der Waals surface area contributed by atoms with Crippen LogP contribution in [-0.4, -0.2) is 92.9 Å². The first-order chi connectivity index (χ1) is 17.9. The van der Waals surface area contributed by atoms with Crippen LogP contribution in [0.1, 0.15) is 70.6 Å². The van der Waals surface area contributed by atoms with Crippen molar-refractivity contribution in [1.82, 2.24) is 14.7 Å². The standard InChI is InChI=1S/C29H45N3O4S/c1-4-17-30(3)26(34)23-22-15-16-29(37-22)24(23)27(35)32(19-11-6-7-12-20-33)25(29)28(36)31(18-5-2)21-13-9-8-10-14-21/h4-5,21-25,33H,1-2,6-20H2,3H3/t22-,23+,24+,25?,29?/m1/s1. The van der Waals surface area contributed by atoms with Crippen LogP contribution in [0.3, 0.4) is 0 Å². The number of amides is 3. The topological polar surface area (TPSA) is 81.2 Å². The van der Waals surface area contributed by atoms with Crippen molar-refractivity contribution < 1.29 is 19.5 Å². The molecule has 1 spiro atoms. The lowest BCUT2D eigenvalue weighted by atomic mass is 9.70. The number of rotatable bonds is 13.